The lowest BCUT2D eigenvalue weighted by Gasteiger charge is -2.14. The van der Waals surface area contributed by atoms with Gasteiger partial charge < -0.3 is 29.1 Å². The molecule has 2 heterocycles. The van der Waals surface area contributed by atoms with E-state index in [0.717, 1.165) is 47.7 Å². The number of ether oxygens (including phenoxy) is 1. The normalized spacial score (nSPS) is 10.3. The lowest BCUT2D eigenvalue weighted by molar-refractivity contribution is 0.111. The summed E-state index contributed by atoms with van der Waals surface area (Å²) in [7, 11) is 0. The number of aromatic hydroxyl groups is 3. The van der Waals surface area contributed by atoms with Gasteiger partial charge in [-0.1, -0.05) is 23.7 Å². The van der Waals surface area contributed by atoms with E-state index >= 15 is 0 Å². The van der Waals surface area contributed by atoms with Crippen molar-refractivity contribution in [2.24, 2.45) is 0 Å². The molecule has 0 unspecified atom stereocenters. The van der Waals surface area contributed by atoms with Crippen LogP contribution in [0.3, 0.4) is 0 Å². The fraction of sp³-hybridized carbons (Fsp3) is 0.394. The standard InChI is InChI=1S/C16H19NO4.C9H10O3.C8H13NO/c1-10-7-13(9-18)15(19)12(3)16(10)20-6-4-5-14-8-11(2)17-21-14;1-5-3-7(4-10)9(12)6(2)8(5)11;1-3-4-5-8-6-7(2)9-10-8/h7-9,19H,4-6H2,1-3H3;3-4,11-12H,1-2H3;6H,3-5H2,1-2H3. The third-order valence-electron chi connectivity index (χ3n) is 6.63. The van der Waals surface area contributed by atoms with Crippen LogP contribution in [-0.4, -0.2) is 44.8 Å². The Balaban J connectivity index is 0.000000248. The van der Waals surface area contributed by atoms with Crippen molar-refractivity contribution in [3.05, 3.63) is 80.6 Å². The molecule has 2 aromatic heterocycles. The molecule has 0 radical (unpaired) electrons. The second-order valence-electron chi connectivity index (χ2n) is 10.4. The molecule has 4 rings (SSSR count). The Bertz CT molecular complexity index is 1500. The van der Waals surface area contributed by atoms with Gasteiger partial charge in [-0.2, -0.15) is 0 Å². The molecule has 10 heteroatoms. The third-order valence-corrected chi connectivity index (χ3v) is 6.63. The van der Waals surface area contributed by atoms with Gasteiger partial charge in [-0.05, 0) is 77.6 Å². The zero-order chi connectivity index (χ0) is 32.1. The molecule has 0 fully saturated rings. The summed E-state index contributed by atoms with van der Waals surface area (Å²) in [5.74, 6) is 2.36. The van der Waals surface area contributed by atoms with Gasteiger partial charge in [0.25, 0.3) is 0 Å². The summed E-state index contributed by atoms with van der Waals surface area (Å²) < 4.78 is 15.9. The van der Waals surface area contributed by atoms with E-state index in [0.29, 0.717) is 41.6 Å². The fourth-order valence-corrected chi connectivity index (χ4v) is 4.22. The number of rotatable bonds is 10. The number of hydrogen-bond donors (Lipinski definition) is 3. The predicted molar refractivity (Wildman–Crippen MR) is 163 cm³/mol. The first-order valence-electron chi connectivity index (χ1n) is 14.2. The molecule has 10 nitrogen and oxygen atoms in total. The average molecular weight is 595 g/mol. The summed E-state index contributed by atoms with van der Waals surface area (Å²) in [5, 5.41) is 36.2. The molecule has 0 bridgehead atoms. The van der Waals surface area contributed by atoms with Gasteiger partial charge in [-0.3, -0.25) is 9.59 Å². The van der Waals surface area contributed by atoms with E-state index in [9.17, 15) is 24.9 Å². The minimum Gasteiger partial charge on any atom is -0.507 e. The number of carbonyl (C=O) groups excluding carboxylic acids is 2. The monoisotopic (exact) mass is 594 g/mol. The highest BCUT2D eigenvalue weighted by molar-refractivity contribution is 5.82. The molecule has 2 aromatic carbocycles. The van der Waals surface area contributed by atoms with Crippen molar-refractivity contribution in [2.45, 2.75) is 80.6 Å². The maximum Gasteiger partial charge on any atom is 0.153 e. The van der Waals surface area contributed by atoms with Crippen LogP contribution in [0.5, 0.6) is 23.0 Å². The minimum atomic E-state index is -0.145. The van der Waals surface area contributed by atoms with Crippen LogP contribution in [-0.2, 0) is 12.8 Å². The summed E-state index contributed by atoms with van der Waals surface area (Å²) in [6.45, 7) is 13.3. The average Bonchev–Trinajstić information content (AvgIpc) is 3.61. The SMILES string of the molecule is CCCCc1cc(C)no1.Cc1cc(C=O)c(O)c(C)c1O.Cc1cc(CCCOc2c(C)cc(C=O)c(O)c2C)on1. The molecule has 0 aliphatic rings. The van der Waals surface area contributed by atoms with Crippen molar-refractivity contribution >= 4 is 12.6 Å². The first-order chi connectivity index (χ1) is 20.4. The number of aryl methyl sites for hydroxylation is 6. The second kappa shape index (κ2) is 16.7. The van der Waals surface area contributed by atoms with Gasteiger partial charge in [-0.15, -0.1) is 0 Å². The van der Waals surface area contributed by atoms with Crippen molar-refractivity contribution in [3.63, 3.8) is 0 Å². The van der Waals surface area contributed by atoms with Gasteiger partial charge in [-0.25, -0.2) is 0 Å². The van der Waals surface area contributed by atoms with Gasteiger partial charge in [0.1, 0.15) is 34.5 Å². The highest BCUT2D eigenvalue weighted by Crippen LogP contribution is 2.33. The molecule has 3 N–H and O–H groups in total. The van der Waals surface area contributed by atoms with Crippen molar-refractivity contribution in [1.29, 1.82) is 0 Å². The molecular weight excluding hydrogens is 552 g/mol. The first-order valence-corrected chi connectivity index (χ1v) is 14.2. The zero-order valence-electron chi connectivity index (χ0n) is 26.0. The molecular formula is C33H42N2O8. The van der Waals surface area contributed by atoms with Gasteiger partial charge in [0.05, 0.1) is 29.1 Å². The molecule has 0 aliphatic heterocycles. The molecule has 0 amide bonds. The van der Waals surface area contributed by atoms with E-state index < -0.39 is 0 Å². The van der Waals surface area contributed by atoms with Crippen LogP contribution in [0, 0.1) is 41.5 Å². The molecule has 43 heavy (non-hydrogen) atoms. The quantitative estimate of drug-likeness (QED) is 0.129. The Morgan fingerprint density at radius 1 is 0.698 bits per heavy atom. The van der Waals surface area contributed by atoms with Crippen molar-refractivity contribution < 1.29 is 38.7 Å². The second-order valence-corrected chi connectivity index (χ2v) is 10.4. The topological polar surface area (TPSA) is 156 Å². The third kappa shape index (κ3) is 10.0. The molecule has 0 atom stereocenters. The maximum atomic E-state index is 10.8. The number of aldehydes is 2. The number of nitrogens with zero attached hydrogens (tertiary/aromatic N) is 2. The van der Waals surface area contributed by atoms with E-state index in [2.05, 4.69) is 17.2 Å². The van der Waals surface area contributed by atoms with E-state index in [-0.39, 0.29) is 28.4 Å². The fourth-order valence-electron chi connectivity index (χ4n) is 4.22. The smallest absolute Gasteiger partial charge is 0.153 e. The number of hydrogen-bond acceptors (Lipinski definition) is 10. The number of carbonyl (C=O) groups is 2. The van der Waals surface area contributed by atoms with Gasteiger partial charge in [0, 0.05) is 36.1 Å². The summed E-state index contributed by atoms with van der Waals surface area (Å²) >= 11 is 0. The Morgan fingerprint density at radius 2 is 1.19 bits per heavy atom. The van der Waals surface area contributed by atoms with Crippen LogP contribution in [0.25, 0.3) is 0 Å². The Morgan fingerprint density at radius 3 is 1.65 bits per heavy atom. The van der Waals surface area contributed by atoms with Crippen LogP contribution >= 0.6 is 0 Å². The molecule has 0 spiro atoms. The Labute approximate surface area is 252 Å². The highest BCUT2D eigenvalue weighted by Gasteiger charge is 2.13. The molecule has 0 saturated heterocycles. The lowest BCUT2D eigenvalue weighted by atomic mass is 10.0. The van der Waals surface area contributed by atoms with Crippen molar-refractivity contribution in [1.82, 2.24) is 10.3 Å². The minimum absolute atomic E-state index is 0.0172. The molecule has 4 aromatic rings. The van der Waals surface area contributed by atoms with Crippen LogP contribution in [0.1, 0.15) is 92.1 Å². The number of benzene rings is 2. The highest BCUT2D eigenvalue weighted by atomic mass is 16.5. The van der Waals surface area contributed by atoms with Crippen LogP contribution < -0.4 is 4.74 Å². The van der Waals surface area contributed by atoms with Crippen molar-refractivity contribution in [3.8, 4) is 23.0 Å². The Hall–Kier alpha value is -4.60. The summed E-state index contributed by atoms with van der Waals surface area (Å²) in [6.07, 6.45) is 6.16. The maximum absolute atomic E-state index is 10.8. The number of unbranched alkanes of at least 4 members (excludes halogenated alkanes) is 1. The Kier molecular flexibility index (Phi) is 13.5. The number of phenols is 3. The van der Waals surface area contributed by atoms with Gasteiger partial charge in [0.2, 0.25) is 0 Å². The van der Waals surface area contributed by atoms with Crippen molar-refractivity contribution in [2.75, 3.05) is 6.61 Å². The number of aromatic nitrogens is 2. The van der Waals surface area contributed by atoms with E-state index in [4.69, 9.17) is 13.8 Å². The summed E-state index contributed by atoms with van der Waals surface area (Å²) in [6, 6.07) is 6.98. The lowest BCUT2D eigenvalue weighted by Crippen LogP contribution is -2.03. The van der Waals surface area contributed by atoms with Crippen LogP contribution in [0.2, 0.25) is 0 Å². The zero-order valence-corrected chi connectivity index (χ0v) is 26.0. The largest absolute Gasteiger partial charge is 0.507 e. The summed E-state index contributed by atoms with van der Waals surface area (Å²) in [4.78, 5) is 21.2. The van der Waals surface area contributed by atoms with E-state index in [1.165, 1.54) is 18.9 Å². The molecule has 232 valence electrons. The van der Waals surface area contributed by atoms with Gasteiger partial charge >= 0.3 is 0 Å². The van der Waals surface area contributed by atoms with E-state index in [1.807, 2.05) is 32.9 Å². The van der Waals surface area contributed by atoms with E-state index in [1.54, 1.807) is 26.8 Å². The molecule has 0 aliphatic carbocycles. The number of phenolic OH excluding ortho intramolecular Hbond substituents is 3. The summed E-state index contributed by atoms with van der Waals surface area (Å²) in [5.41, 5.74) is 4.70. The predicted octanol–water partition coefficient (Wildman–Crippen LogP) is 6.98. The van der Waals surface area contributed by atoms with Crippen LogP contribution in [0.4, 0.5) is 0 Å². The van der Waals surface area contributed by atoms with Crippen LogP contribution in [0.15, 0.2) is 33.3 Å². The molecule has 0 saturated carbocycles. The van der Waals surface area contributed by atoms with Gasteiger partial charge in [0.15, 0.2) is 12.6 Å². The first kappa shape index (κ1) is 34.6.